The molecule has 5 nitrogen and oxygen atoms in total. The Morgan fingerprint density at radius 3 is 2.09 bits per heavy atom. The van der Waals surface area contributed by atoms with Gasteiger partial charge in [-0.2, -0.15) is 5.10 Å². The maximum atomic E-state index is 13.2. The normalized spacial score (nSPS) is 16.2. The van der Waals surface area contributed by atoms with Gasteiger partial charge < -0.3 is 4.90 Å². The molecule has 2 heterocycles. The summed E-state index contributed by atoms with van der Waals surface area (Å²) >= 11 is 6.14. The predicted molar refractivity (Wildman–Crippen MR) is 129 cm³/mol. The van der Waals surface area contributed by atoms with E-state index >= 15 is 0 Å². The number of rotatable bonds is 4. The summed E-state index contributed by atoms with van der Waals surface area (Å²) in [6.07, 6.45) is 0. The number of carbonyl (C=O) groups is 1. The van der Waals surface area contributed by atoms with Gasteiger partial charge in [-0.1, -0.05) is 74.8 Å². The molecule has 1 atom stereocenters. The van der Waals surface area contributed by atoms with Crippen LogP contribution in [0.5, 0.6) is 0 Å². The highest BCUT2D eigenvalue weighted by molar-refractivity contribution is 6.30. The summed E-state index contributed by atoms with van der Waals surface area (Å²) in [4.78, 5) is 17.6. The minimum atomic E-state index is -0.0868. The highest BCUT2D eigenvalue weighted by Gasteiger charge is 2.30. The average Bonchev–Trinajstić information content (AvgIpc) is 3.18. The van der Waals surface area contributed by atoms with Gasteiger partial charge in [-0.3, -0.25) is 14.4 Å². The monoisotopic (exact) mass is 450 g/mol. The SMILES string of the molecule is Cn1nc(C(C)(C)C)cc1C(=O)N1CCN(C(c2ccccc2)c2ccc(Cl)cc2)CC1. The molecule has 1 amide bonds. The molecule has 0 radical (unpaired) electrons. The van der Waals surface area contributed by atoms with Gasteiger partial charge in [-0.25, -0.2) is 0 Å². The van der Waals surface area contributed by atoms with Gasteiger partial charge >= 0.3 is 0 Å². The lowest BCUT2D eigenvalue weighted by Gasteiger charge is -2.39. The van der Waals surface area contributed by atoms with Crippen LogP contribution >= 0.6 is 11.6 Å². The summed E-state index contributed by atoms with van der Waals surface area (Å²) in [6.45, 7) is 9.32. The molecule has 2 aromatic carbocycles. The van der Waals surface area contributed by atoms with Crippen LogP contribution in [-0.4, -0.2) is 51.7 Å². The molecule has 168 valence electrons. The third-order valence-electron chi connectivity index (χ3n) is 6.14. The standard InChI is InChI=1S/C26H31ClN4O/c1-26(2,3)23-18-22(29(4)28-23)25(32)31-16-14-30(15-17-31)24(19-8-6-5-7-9-19)20-10-12-21(27)13-11-20/h5-13,18,24H,14-17H2,1-4H3. The lowest BCUT2D eigenvalue weighted by atomic mass is 9.92. The average molecular weight is 451 g/mol. The van der Waals surface area contributed by atoms with E-state index in [4.69, 9.17) is 11.6 Å². The van der Waals surface area contributed by atoms with E-state index in [-0.39, 0.29) is 17.4 Å². The van der Waals surface area contributed by atoms with Gasteiger partial charge in [0.2, 0.25) is 0 Å². The first kappa shape index (κ1) is 22.6. The Morgan fingerprint density at radius 2 is 1.53 bits per heavy atom. The maximum absolute atomic E-state index is 13.2. The first-order valence-corrected chi connectivity index (χ1v) is 11.5. The van der Waals surface area contributed by atoms with Gasteiger partial charge in [0.1, 0.15) is 5.69 Å². The van der Waals surface area contributed by atoms with Crippen LogP contribution < -0.4 is 0 Å². The molecule has 0 aliphatic carbocycles. The van der Waals surface area contributed by atoms with Crippen molar-refractivity contribution in [1.29, 1.82) is 0 Å². The summed E-state index contributed by atoms with van der Waals surface area (Å²) in [5.74, 6) is 0.0536. The Morgan fingerprint density at radius 1 is 0.938 bits per heavy atom. The van der Waals surface area contributed by atoms with Gasteiger partial charge in [-0.05, 0) is 29.3 Å². The smallest absolute Gasteiger partial charge is 0.272 e. The molecule has 1 aliphatic heterocycles. The fourth-order valence-corrected chi connectivity index (χ4v) is 4.40. The Labute approximate surface area is 195 Å². The molecular formula is C26H31ClN4O. The topological polar surface area (TPSA) is 41.4 Å². The quantitative estimate of drug-likeness (QED) is 0.566. The van der Waals surface area contributed by atoms with Crippen molar-refractivity contribution >= 4 is 17.5 Å². The van der Waals surface area contributed by atoms with Gasteiger partial charge in [0.05, 0.1) is 11.7 Å². The third-order valence-corrected chi connectivity index (χ3v) is 6.39. The molecule has 4 rings (SSSR count). The third kappa shape index (κ3) is 4.74. The lowest BCUT2D eigenvalue weighted by Crippen LogP contribution is -2.50. The second-order valence-corrected chi connectivity index (χ2v) is 9.92. The predicted octanol–water partition coefficient (Wildman–Crippen LogP) is 4.92. The number of aryl methyl sites for hydroxylation is 1. The number of benzene rings is 2. The number of carbonyl (C=O) groups excluding carboxylic acids is 1. The van der Waals surface area contributed by atoms with Crippen LogP contribution in [0.4, 0.5) is 0 Å². The van der Waals surface area contributed by atoms with Crippen LogP contribution in [0.1, 0.15) is 54.1 Å². The number of nitrogens with zero attached hydrogens (tertiary/aromatic N) is 4. The summed E-state index contributed by atoms with van der Waals surface area (Å²) < 4.78 is 1.72. The number of piperazine rings is 1. The molecular weight excluding hydrogens is 420 g/mol. The number of hydrogen-bond donors (Lipinski definition) is 0. The van der Waals surface area contributed by atoms with Crippen LogP contribution in [-0.2, 0) is 12.5 Å². The highest BCUT2D eigenvalue weighted by atomic mass is 35.5. The minimum absolute atomic E-state index is 0.0536. The summed E-state index contributed by atoms with van der Waals surface area (Å²) in [6, 6.07) is 20.7. The Bertz CT molecular complexity index is 1060. The van der Waals surface area contributed by atoms with Gasteiger partial charge in [0.15, 0.2) is 0 Å². The van der Waals surface area contributed by atoms with E-state index in [0.717, 1.165) is 23.8 Å². The highest BCUT2D eigenvalue weighted by Crippen LogP contribution is 2.31. The number of hydrogen-bond acceptors (Lipinski definition) is 3. The van der Waals surface area contributed by atoms with E-state index in [1.165, 1.54) is 11.1 Å². The van der Waals surface area contributed by atoms with Crippen molar-refractivity contribution < 1.29 is 4.79 Å². The fourth-order valence-electron chi connectivity index (χ4n) is 4.27. The first-order valence-electron chi connectivity index (χ1n) is 11.1. The molecule has 0 saturated carbocycles. The Hall–Kier alpha value is -2.63. The van der Waals surface area contributed by atoms with Crippen molar-refractivity contribution in [3.05, 3.63) is 88.2 Å². The Kier molecular flexibility index (Phi) is 6.40. The van der Waals surface area contributed by atoms with E-state index in [1.54, 1.807) is 4.68 Å². The van der Waals surface area contributed by atoms with Gasteiger partial charge in [-0.15, -0.1) is 0 Å². The second-order valence-electron chi connectivity index (χ2n) is 9.48. The molecule has 1 unspecified atom stereocenters. The molecule has 0 N–H and O–H groups in total. The minimum Gasteiger partial charge on any atom is -0.335 e. The van der Waals surface area contributed by atoms with Crippen molar-refractivity contribution in [2.75, 3.05) is 26.2 Å². The van der Waals surface area contributed by atoms with Crippen LogP contribution in [0.2, 0.25) is 5.02 Å². The van der Waals surface area contributed by atoms with E-state index in [0.29, 0.717) is 18.8 Å². The summed E-state index contributed by atoms with van der Waals surface area (Å²) in [7, 11) is 1.85. The van der Waals surface area contributed by atoms with E-state index in [9.17, 15) is 4.79 Å². The summed E-state index contributed by atoms with van der Waals surface area (Å²) in [5.41, 5.74) is 3.96. The molecule has 1 fully saturated rings. The first-order chi connectivity index (χ1) is 15.2. The zero-order valence-electron chi connectivity index (χ0n) is 19.3. The molecule has 0 spiro atoms. The zero-order chi connectivity index (χ0) is 22.9. The molecule has 1 aromatic heterocycles. The van der Waals surface area contributed by atoms with Crippen molar-refractivity contribution in [2.45, 2.75) is 32.2 Å². The van der Waals surface area contributed by atoms with Crippen LogP contribution in [0.15, 0.2) is 60.7 Å². The number of aromatic nitrogens is 2. The van der Waals surface area contributed by atoms with Crippen LogP contribution in [0.3, 0.4) is 0 Å². The molecule has 1 aliphatic rings. The van der Waals surface area contributed by atoms with Crippen LogP contribution in [0.25, 0.3) is 0 Å². The van der Waals surface area contributed by atoms with E-state index in [2.05, 4.69) is 67.2 Å². The second kappa shape index (κ2) is 9.08. The Balaban J connectivity index is 1.52. The molecule has 32 heavy (non-hydrogen) atoms. The van der Waals surface area contributed by atoms with Gasteiger partial charge in [0, 0.05) is 43.7 Å². The molecule has 6 heteroatoms. The lowest BCUT2D eigenvalue weighted by molar-refractivity contribution is 0.0587. The van der Waals surface area contributed by atoms with Crippen molar-refractivity contribution in [2.24, 2.45) is 7.05 Å². The molecule has 3 aromatic rings. The summed E-state index contributed by atoms with van der Waals surface area (Å²) in [5, 5.41) is 5.31. The fraction of sp³-hybridized carbons (Fsp3) is 0.385. The van der Waals surface area contributed by atoms with Crippen molar-refractivity contribution in [3.63, 3.8) is 0 Å². The van der Waals surface area contributed by atoms with Crippen LogP contribution in [0, 0.1) is 0 Å². The molecule has 0 bridgehead atoms. The maximum Gasteiger partial charge on any atom is 0.272 e. The van der Waals surface area contributed by atoms with E-state index in [1.807, 2.05) is 36.2 Å². The largest absolute Gasteiger partial charge is 0.335 e. The number of amides is 1. The van der Waals surface area contributed by atoms with Crippen molar-refractivity contribution in [3.8, 4) is 0 Å². The zero-order valence-corrected chi connectivity index (χ0v) is 20.0. The molecule has 1 saturated heterocycles. The number of halogens is 1. The van der Waals surface area contributed by atoms with Crippen molar-refractivity contribution in [1.82, 2.24) is 19.6 Å². The van der Waals surface area contributed by atoms with E-state index < -0.39 is 0 Å². The van der Waals surface area contributed by atoms with Gasteiger partial charge in [0.25, 0.3) is 5.91 Å².